The minimum atomic E-state index is -0.0915. The Labute approximate surface area is 140 Å². The third kappa shape index (κ3) is 3.35. The minimum absolute atomic E-state index is 0.0915. The van der Waals surface area contributed by atoms with Gasteiger partial charge in [0.05, 0.1) is 6.20 Å². The topological polar surface area (TPSA) is 59.2 Å². The Morgan fingerprint density at radius 3 is 2.50 bits per heavy atom. The Bertz CT molecular complexity index is 810. The van der Waals surface area contributed by atoms with E-state index in [9.17, 15) is 4.79 Å². The van der Waals surface area contributed by atoms with Crippen molar-refractivity contribution in [2.45, 2.75) is 20.4 Å². The first-order chi connectivity index (χ1) is 11.7. The van der Waals surface area contributed by atoms with Gasteiger partial charge in [-0.05, 0) is 31.5 Å². The van der Waals surface area contributed by atoms with E-state index in [0.29, 0.717) is 24.4 Å². The number of amides is 1. The monoisotopic (exact) mass is 321 g/mol. The van der Waals surface area contributed by atoms with Gasteiger partial charge in [-0.1, -0.05) is 35.0 Å². The van der Waals surface area contributed by atoms with Gasteiger partial charge in [0.2, 0.25) is 0 Å². The number of aryl methyl sites for hydroxylation is 1. The molecular weight excluding hydrogens is 302 g/mol. The van der Waals surface area contributed by atoms with Crippen LogP contribution in [0.1, 0.15) is 28.4 Å². The van der Waals surface area contributed by atoms with Crippen LogP contribution in [0.3, 0.4) is 0 Å². The Kier molecular flexibility index (Phi) is 4.70. The van der Waals surface area contributed by atoms with E-state index in [4.69, 9.17) is 4.52 Å². The number of benzene rings is 1. The normalized spacial score (nSPS) is 10.6. The average Bonchev–Trinajstić information content (AvgIpc) is 3.10. The molecule has 2 aromatic heterocycles. The van der Waals surface area contributed by atoms with Crippen molar-refractivity contribution in [3.63, 3.8) is 0 Å². The van der Waals surface area contributed by atoms with Gasteiger partial charge in [0.1, 0.15) is 5.56 Å². The van der Waals surface area contributed by atoms with Crippen molar-refractivity contribution >= 4 is 5.91 Å². The van der Waals surface area contributed by atoms with E-state index in [1.165, 1.54) is 6.20 Å². The summed E-state index contributed by atoms with van der Waals surface area (Å²) in [5.41, 5.74) is 3.52. The van der Waals surface area contributed by atoms with Crippen LogP contribution in [-0.4, -0.2) is 27.5 Å². The van der Waals surface area contributed by atoms with Crippen LogP contribution in [-0.2, 0) is 6.54 Å². The van der Waals surface area contributed by atoms with Gasteiger partial charge in [0.15, 0.2) is 5.76 Å². The number of aromatic nitrogens is 2. The van der Waals surface area contributed by atoms with Crippen molar-refractivity contribution in [3.8, 4) is 11.3 Å². The van der Waals surface area contributed by atoms with Gasteiger partial charge in [-0.15, -0.1) is 0 Å². The Morgan fingerprint density at radius 1 is 1.12 bits per heavy atom. The second kappa shape index (κ2) is 7.08. The van der Waals surface area contributed by atoms with Crippen molar-refractivity contribution in [2.24, 2.45) is 0 Å². The molecule has 0 aliphatic rings. The predicted octanol–water partition coefficient (Wildman–Crippen LogP) is 3.71. The van der Waals surface area contributed by atoms with Crippen molar-refractivity contribution < 1.29 is 9.32 Å². The van der Waals surface area contributed by atoms with Crippen LogP contribution >= 0.6 is 0 Å². The Balaban J connectivity index is 1.87. The number of hydrogen-bond donors (Lipinski definition) is 0. The summed E-state index contributed by atoms with van der Waals surface area (Å²) in [4.78, 5) is 18.7. The number of carbonyl (C=O) groups excluding carboxylic acids is 1. The van der Waals surface area contributed by atoms with Crippen molar-refractivity contribution in [2.75, 3.05) is 6.54 Å². The molecule has 5 nitrogen and oxygen atoms in total. The van der Waals surface area contributed by atoms with Gasteiger partial charge >= 0.3 is 0 Å². The van der Waals surface area contributed by atoms with E-state index >= 15 is 0 Å². The van der Waals surface area contributed by atoms with Crippen LogP contribution in [0.4, 0.5) is 0 Å². The summed E-state index contributed by atoms with van der Waals surface area (Å²) < 4.78 is 5.35. The highest BCUT2D eigenvalue weighted by Gasteiger charge is 2.22. The highest BCUT2D eigenvalue weighted by atomic mass is 16.5. The quantitative estimate of drug-likeness (QED) is 0.719. The van der Waals surface area contributed by atoms with E-state index < -0.39 is 0 Å². The Morgan fingerprint density at radius 2 is 1.83 bits per heavy atom. The molecule has 1 amide bonds. The predicted molar refractivity (Wildman–Crippen MR) is 91.3 cm³/mol. The standard InChI is InChI=1S/C19H19N3O2/c1-3-22(13-15-8-10-20-11-9-15)19(23)17-12-21-24-18(17)16-6-4-14(2)5-7-16/h4-12H,3,13H2,1-2H3. The molecule has 0 radical (unpaired) electrons. The van der Waals surface area contributed by atoms with Gasteiger partial charge < -0.3 is 9.42 Å². The van der Waals surface area contributed by atoms with Crippen LogP contribution in [0.15, 0.2) is 59.5 Å². The number of hydrogen-bond acceptors (Lipinski definition) is 4. The molecule has 1 aromatic carbocycles. The smallest absolute Gasteiger partial charge is 0.259 e. The van der Waals surface area contributed by atoms with Crippen LogP contribution in [0.25, 0.3) is 11.3 Å². The molecule has 3 aromatic rings. The van der Waals surface area contributed by atoms with E-state index in [0.717, 1.165) is 16.7 Å². The summed E-state index contributed by atoms with van der Waals surface area (Å²) in [6.07, 6.45) is 4.95. The number of rotatable bonds is 5. The van der Waals surface area contributed by atoms with E-state index in [1.54, 1.807) is 17.3 Å². The molecule has 0 saturated carbocycles. The van der Waals surface area contributed by atoms with E-state index in [2.05, 4.69) is 10.1 Å². The first-order valence-corrected chi connectivity index (χ1v) is 7.89. The zero-order valence-electron chi connectivity index (χ0n) is 13.8. The molecule has 0 fully saturated rings. The van der Waals surface area contributed by atoms with Crippen molar-refractivity contribution in [1.82, 2.24) is 15.0 Å². The minimum Gasteiger partial charge on any atom is -0.355 e. The van der Waals surface area contributed by atoms with E-state index in [-0.39, 0.29) is 5.91 Å². The van der Waals surface area contributed by atoms with Gasteiger partial charge in [0, 0.05) is 31.0 Å². The maximum atomic E-state index is 12.9. The lowest BCUT2D eigenvalue weighted by molar-refractivity contribution is 0.0753. The lowest BCUT2D eigenvalue weighted by Gasteiger charge is -2.20. The second-order valence-electron chi connectivity index (χ2n) is 5.61. The number of carbonyl (C=O) groups is 1. The fourth-order valence-electron chi connectivity index (χ4n) is 2.51. The maximum Gasteiger partial charge on any atom is 0.259 e. The van der Waals surface area contributed by atoms with E-state index in [1.807, 2.05) is 50.2 Å². The molecule has 0 unspecified atom stereocenters. The molecule has 0 spiro atoms. The summed E-state index contributed by atoms with van der Waals surface area (Å²) in [5.74, 6) is 0.416. The molecule has 2 heterocycles. The zero-order valence-corrected chi connectivity index (χ0v) is 13.8. The SMILES string of the molecule is CCN(Cc1ccncc1)C(=O)c1cnoc1-c1ccc(C)cc1. The third-order valence-corrected chi connectivity index (χ3v) is 3.91. The molecule has 0 N–H and O–H groups in total. The molecule has 0 bridgehead atoms. The first kappa shape index (κ1) is 15.9. The molecule has 3 rings (SSSR count). The molecule has 24 heavy (non-hydrogen) atoms. The maximum absolute atomic E-state index is 12.9. The van der Waals surface area contributed by atoms with Crippen LogP contribution in [0, 0.1) is 6.92 Å². The highest BCUT2D eigenvalue weighted by molar-refractivity contribution is 5.99. The van der Waals surface area contributed by atoms with Crippen LogP contribution < -0.4 is 0 Å². The lowest BCUT2D eigenvalue weighted by Crippen LogP contribution is -2.30. The largest absolute Gasteiger partial charge is 0.355 e. The third-order valence-electron chi connectivity index (χ3n) is 3.91. The summed E-state index contributed by atoms with van der Waals surface area (Å²) in [5, 5.41) is 3.83. The van der Waals surface area contributed by atoms with Gasteiger partial charge in [-0.3, -0.25) is 9.78 Å². The summed E-state index contributed by atoms with van der Waals surface area (Å²) >= 11 is 0. The zero-order chi connectivity index (χ0) is 16.9. The number of nitrogens with zero attached hydrogens (tertiary/aromatic N) is 3. The average molecular weight is 321 g/mol. The fourth-order valence-corrected chi connectivity index (χ4v) is 2.51. The molecule has 5 heteroatoms. The highest BCUT2D eigenvalue weighted by Crippen LogP contribution is 2.25. The summed E-state index contributed by atoms with van der Waals surface area (Å²) in [6, 6.07) is 11.7. The molecular formula is C19H19N3O2. The summed E-state index contributed by atoms with van der Waals surface area (Å²) in [6.45, 7) is 5.10. The van der Waals surface area contributed by atoms with Crippen LogP contribution in [0.5, 0.6) is 0 Å². The second-order valence-corrected chi connectivity index (χ2v) is 5.61. The first-order valence-electron chi connectivity index (χ1n) is 7.89. The van der Waals surface area contributed by atoms with Gasteiger partial charge in [0.25, 0.3) is 5.91 Å². The molecule has 0 aliphatic carbocycles. The Hall–Kier alpha value is -2.95. The lowest BCUT2D eigenvalue weighted by atomic mass is 10.1. The molecule has 0 atom stereocenters. The fraction of sp³-hybridized carbons (Fsp3) is 0.211. The molecule has 0 aliphatic heterocycles. The molecule has 122 valence electrons. The van der Waals surface area contributed by atoms with Crippen molar-refractivity contribution in [3.05, 3.63) is 71.7 Å². The van der Waals surface area contributed by atoms with Gasteiger partial charge in [-0.2, -0.15) is 0 Å². The van der Waals surface area contributed by atoms with Crippen molar-refractivity contribution in [1.29, 1.82) is 0 Å². The van der Waals surface area contributed by atoms with Gasteiger partial charge in [-0.25, -0.2) is 0 Å². The molecule has 0 saturated heterocycles. The number of pyridine rings is 1. The summed E-state index contributed by atoms with van der Waals surface area (Å²) in [7, 11) is 0. The van der Waals surface area contributed by atoms with Crippen LogP contribution in [0.2, 0.25) is 0 Å².